The highest BCUT2D eigenvalue weighted by atomic mass is 35.5. The quantitative estimate of drug-likeness (QED) is 0.0933. The lowest BCUT2D eigenvalue weighted by atomic mass is 10.1. The van der Waals surface area contributed by atoms with Gasteiger partial charge in [0, 0.05) is 76.8 Å². The number of rotatable bonds is 9. The van der Waals surface area contributed by atoms with Crippen LogP contribution in [0, 0.1) is 0 Å². The smallest absolute Gasteiger partial charge is 0.251 e. The molecule has 15 nitrogen and oxygen atoms in total. The number of carbonyl (C=O) groups is 2. The van der Waals surface area contributed by atoms with Crippen LogP contribution in [0.15, 0.2) is 85.2 Å². The average Bonchev–Trinajstić information content (AvgIpc) is 4.11. The van der Waals surface area contributed by atoms with Crippen LogP contribution in [0.5, 0.6) is 0 Å². The van der Waals surface area contributed by atoms with Crippen molar-refractivity contribution in [1.29, 1.82) is 0 Å². The second-order valence-electron chi connectivity index (χ2n) is 12.9. The van der Waals surface area contributed by atoms with E-state index < -0.39 is 0 Å². The Bertz CT molecular complexity index is 2760. The lowest BCUT2D eigenvalue weighted by molar-refractivity contribution is -0.0366. The lowest BCUT2D eigenvalue weighted by Gasteiger charge is -2.23. The number of nitrogens with one attached hydrogen (secondary N) is 5. The number of aromatic nitrogens is 8. The second-order valence-corrected chi connectivity index (χ2v) is 15.2. The number of fused-ring (bicyclic) bond motifs is 2. The molecule has 1 fully saturated rings. The Labute approximate surface area is 349 Å². The van der Waals surface area contributed by atoms with Crippen molar-refractivity contribution in [3.63, 3.8) is 0 Å². The number of ether oxygens (including phenoxy) is 1. The predicted octanol–water partition coefficient (Wildman–Crippen LogP) is 8.85. The molecule has 0 bridgehead atoms. The zero-order valence-corrected chi connectivity index (χ0v) is 34.1. The van der Waals surface area contributed by atoms with Crippen molar-refractivity contribution >= 4 is 102 Å². The van der Waals surface area contributed by atoms with Gasteiger partial charge in [0.25, 0.3) is 11.8 Å². The summed E-state index contributed by atoms with van der Waals surface area (Å²) < 4.78 is 16.6. The Balaban J connectivity index is 0.000000165. The van der Waals surface area contributed by atoms with E-state index in [0.29, 0.717) is 43.1 Å². The zero-order valence-electron chi connectivity index (χ0n) is 30.9. The molecular formula is C39H34Cl2N12O3S2. The van der Waals surface area contributed by atoms with Crippen molar-refractivity contribution in [1.82, 2.24) is 49.3 Å². The highest BCUT2D eigenvalue weighted by Crippen LogP contribution is 2.37. The molecule has 1 saturated heterocycles. The van der Waals surface area contributed by atoms with Gasteiger partial charge >= 0.3 is 0 Å². The first kappa shape index (κ1) is 38.9. The van der Waals surface area contributed by atoms with Crippen molar-refractivity contribution < 1.29 is 14.3 Å². The molecule has 5 N–H and O–H groups in total. The number of carbonyl (C=O) groups excluding carboxylic acids is 2. The van der Waals surface area contributed by atoms with E-state index >= 15 is 0 Å². The molecule has 5 heterocycles. The third-order valence-corrected chi connectivity index (χ3v) is 11.3. The Kier molecular flexibility index (Phi) is 11.6. The van der Waals surface area contributed by atoms with Gasteiger partial charge in [-0.05, 0) is 67.8 Å². The standard InChI is InChI=1S/C22H21ClN6O2S.C17H13ClN6OS/c1-24-21(30)14-6-4-5-13(11-14)20-27-22(32-28-20)26-16-8-9-17-15(19(16)23)12-25-29(17)18-7-2-3-10-31-18;1-19-16(25)10-4-2-3-9(7-10)15-22-17(26-24-15)21-13-6-5-12-11(14(13)18)8-20-23-12/h4-6,8-9,11-12,18H,2-3,7,10H2,1H3,(H,24,30)(H,26,27,28);2-8H,1H3,(H,19,25)(H,20,23)(H,21,22,24). The molecule has 0 spiro atoms. The Morgan fingerprint density at radius 1 is 0.776 bits per heavy atom. The van der Waals surface area contributed by atoms with E-state index in [0.717, 1.165) is 70.2 Å². The van der Waals surface area contributed by atoms with E-state index in [1.165, 1.54) is 23.1 Å². The summed E-state index contributed by atoms with van der Waals surface area (Å²) in [7, 11) is 3.20. The van der Waals surface area contributed by atoms with Gasteiger partial charge < -0.3 is 26.0 Å². The van der Waals surface area contributed by atoms with Crippen molar-refractivity contribution in [3.05, 3.63) is 106 Å². The number of aromatic amines is 1. The van der Waals surface area contributed by atoms with Crippen molar-refractivity contribution in [2.75, 3.05) is 31.3 Å². The fourth-order valence-corrected chi connectivity index (χ4v) is 8.03. The first-order valence-corrected chi connectivity index (χ1v) is 20.3. The molecule has 4 aromatic heterocycles. The van der Waals surface area contributed by atoms with E-state index in [2.05, 4.69) is 55.3 Å². The van der Waals surface area contributed by atoms with Crippen LogP contribution in [0.3, 0.4) is 0 Å². The van der Waals surface area contributed by atoms with Gasteiger partial charge in [0.05, 0.1) is 44.8 Å². The average molecular weight is 854 g/mol. The van der Waals surface area contributed by atoms with Gasteiger partial charge in [-0.25, -0.2) is 4.68 Å². The van der Waals surface area contributed by atoms with E-state index in [4.69, 9.17) is 27.9 Å². The fourth-order valence-electron chi connectivity index (χ4n) is 6.31. The van der Waals surface area contributed by atoms with E-state index in [9.17, 15) is 9.59 Å². The normalized spacial score (nSPS) is 13.8. The minimum atomic E-state index is -0.153. The van der Waals surface area contributed by atoms with Gasteiger partial charge in [-0.3, -0.25) is 14.7 Å². The van der Waals surface area contributed by atoms with Crippen molar-refractivity contribution in [2.45, 2.75) is 25.5 Å². The summed E-state index contributed by atoms with van der Waals surface area (Å²) in [5.41, 5.74) is 5.91. The first-order valence-electron chi connectivity index (χ1n) is 18.0. The van der Waals surface area contributed by atoms with Crippen molar-refractivity contribution in [3.8, 4) is 22.8 Å². The van der Waals surface area contributed by atoms with Crippen LogP contribution in [0.1, 0.15) is 46.2 Å². The molecule has 8 aromatic rings. The van der Waals surface area contributed by atoms with Gasteiger partial charge in [0.2, 0.25) is 10.3 Å². The molecule has 9 rings (SSSR count). The third-order valence-electron chi connectivity index (χ3n) is 9.26. The van der Waals surface area contributed by atoms with E-state index in [1.807, 2.05) is 47.1 Å². The molecule has 58 heavy (non-hydrogen) atoms. The first-order chi connectivity index (χ1) is 28.3. The molecule has 0 radical (unpaired) electrons. The summed E-state index contributed by atoms with van der Waals surface area (Å²) in [5, 5.41) is 27.1. The Morgan fingerprint density at radius 3 is 1.97 bits per heavy atom. The summed E-state index contributed by atoms with van der Waals surface area (Å²) in [6.07, 6.45) is 6.57. The molecule has 0 aliphatic carbocycles. The topological polar surface area (TPSA) is 190 Å². The van der Waals surface area contributed by atoms with Crippen LogP contribution in [-0.2, 0) is 4.74 Å². The molecule has 1 aliphatic heterocycles. The van der Waals surface area contributed by atoms with Gasteiger partial charge in [0.15, 0.2) is 17.9 Å². The van der Waals surface area contributed by atoms with Gasteiger partial charge in [-0.15, -0.1) is 0 Å². The second kappa shape index (κ2) is 17.3. The SMILES string of the molecule is CNC(=O)c1cccc(-c2nsc(Nc3ccc4[nH]ncc4c3Cl)n2)c1.CNC(=O)c1cccc(-c2nsc(Nc3ccc4c(cnn4C4CCCCO4)c3Cl)n2)c1. The predicted molar refractivity (Wildman–Crippen MR) is 229 cm³/mol. The van der Waals surface area contributed by atoms with Crippen LogP contribution in [0.4, 0.5) is 21.6 Å². The van der Waals surface area contributed by atoms with E-state index in [1.54, 1.807) is 56.8 Å². The minimum absolute atomic E-state index is 0.0487. The molecule has 2 amide bonds. The molecule has 4 aromatic carbocycles. The minimum Gasteiger partial charge on any atom is -0.356 e. The molecule has 1 unspecified atom stereocenters. The third kappa shape index (κ3) is 8.21. The summed E-state index contributed by atoms with van der Waals surface area (Å²) in [4.78, 5) is 32.7. The Morgan fingerprint density at radius 2 is 1.38 bits per heavy atom. The van der Waals surface area contributed by atoms with Crippen LogP contribution in [-0.4, -0.2) is 71.2 Å². The molecule has 19 heteroatoms. The zero-order chi connectivity index (χ0) is 40.2. The summed E-state index contributed by atoms with van der Waals surface area (Å²) in [6, 6.07) is 22.0. The molecule has 0 saturated carbocycles. The van der Waals surface area contributed by atoms with Gasteiger partial charge in [-0.2, -0.15) is 28.9 Å². The maximum atomic E-state index is 11.9. The molecular weight excluding hydrogens is 820 g/mol. The molecule has 1 aliphatic rings. The number of hydrogen-bond donors (Lipinski definition) is 5. The number of H-pyrrole nitrogens is 1. The van der Waals surface area contributed by atoms with Gasteiger partial charge in [0.1, 0.15) is 0 Å². The maximum Gasteiger partial charge on any atom is 0.251 e. The summed E-state index contributed by atoms with van der Waals surface area (Å²) in [5.74, 6) is 0.784. The van der Waals surface area contributed by atoms with Crippen molar-refractivity contribution in [2.24, 2.45) is 0 Å². The van der Waals surface area contributed by atoms with Crippen LogP contribution in [0.2, 0.25) is 10.0 Å². The number of anilines is 4. The number of nitrogens with zero attached hydrogens (tertiary/aromatic N) is 7. The van der Waals surface area contributed by atoms with Gasteiger partial charge in [-0.1, -0.05) is 47.5 Å². The van der Waals surface area contributed by atoms with Crippen LogP contribution < -0.4 is 21.3 Å². The number of amides is 2. The summed E-state index contributed by atoms with van der Waals surface area (Å²) in [6.45, 7) is 0.755. The largest absolute Gasteiger partial charge is 0.356 e. The summed E-state index contributed by atoms with van der Waals surface area (Å²) >= 11 is 15.6. The Hall–Kier alpha value is -5.98. The number of hydrogen-bond acceptors (Lipinski definition) is 13. The maximum absolute atomic E-state index is 11.9. The number of halogens is 2. The molecule has 1 atom stereocenters. The molecule has 294 valence electrons. The highest BCUT2D eigenvalue weighted by Gasteiger charge is 2.21. The highest BCUT2D eigenvalue weighted by molar-refractivity contribution is 7.10. The lowest BCUT2D eigenvalue weighted by Crippen LogP contribution is -2.18. The number of benzene rings is 4. The van der Waals surface area contributed by atoms with E-state index in [-0.39, 0.29) is 18.0 Å². The monoisotopic (exact) mass is 852 g/mol. The van der Waals surface area contributed by atoms with Crippen LogP contribution >= 0.6 is 46.3 Å². The van der Waals surface area contributed by atoms with Crippen LogP contribution in [0.25, 0.3) is 44.6 Å². The fraction of sp³-hybridized carbons (Fsp3) is 0.179.